The molecule has 0 amide bonds. The third kappa shape index (κ3) is 3.25. The van der Waals surface area contributed by atoms with E-state index in [2.05, 4.69) is 4.74 Å². The monoisotopic (exact) mass is 284 g/mol. The van der Waals surface area contributed by atoms with Crippen molar-refractivity contribution in [3.63, 3.8) is 0 Å². The van der Waals surface area contributed by atoms with E-state index in [4.69, 9.17) is 4.74 Å². The Morgan fingerprint density at radius 2 is 1.67 bits per heavy atom. The molecule has 18 heavy (non-hydrogen) atoms. The van der Waals surface area contributed by atoms with E-state index in [1.807, 2.05) is 0 Å². The molecule has 0 N–H and O–H groups in total. The molecule has 1 aliphatic rings. The summed E-state index contributed by atoms with van der Waals surface area (Å²) >= 11 is 0. The Hall–Kier alpha value is -0.570. The second-order valence-electron chi connectivity index (χ2n) is 3.86. The molecule has 1 atom stereocenters. The molecule has 1 rings (SSSR count). The molecule has 1 saturated heterocycles. The van der Waals surface area contributed by atoms with Crippen molar-refractivity contribution in [2.24, 2.45) is 0 Å². The highest BCUT2D eigenvalue weighted by Gasteiger charge is 2.74. The molecule has 0 radical (unpaired) electrons. The molecule has 0 saturated carbocycles. The van der Waals surface area contributed by atoms with Crippen molar-refractivity contribution < 1.29 is 40.2 Å². The molecule has 0 aromatic heterocycles. The maximum atomic E-state index is 12.6. The third-order valence-electron chi connectivity index (χ3n) is 2.47. The van der Waals surface area contributed by atoms with Gasteiger partial charge in [0.05, 0.1) is 12.7 Å². The van der Waals surface area contributed by atoms with E-state index in [1.165, 1.54) is 0 Å². The average Bonchev–Trinajstić information content (AvgIpc) is 2.68. The number of rotatable bonds is 5. The summed E-state index contributed by atoms with van der Waals surface area (Å²) < 4.78 is 93.6. The summed E-state index contributed by atoms with van der Waals surface area (Å²) in [7, 11) is 0. The van der Waals surface area contributed by atoms with E-state index >= 15 is 0 Å². The minimum Gasteiger partial charge on any atom is -0.378 e. The standard InChI is InChI=1S/C9H11F7O2/c10-7(11,8(12,13)14)9(15,16)18-5-3-6-2-1-4-17-6/h6H,1-5H2. The van der Waals surface area contributed by atoms with Crippen LogP contribution in [0.25, 0.3) is 0 Å². The van der Waals surface area contributed by atoms with Crippen molar-refractivity contribution in [3.8, 4) is 0 Å². The van der Waals surface area contributed by atoms with Crippen LogP contribution in [0, 0.1) is 0 Å². The molecule has 0 spiro atoms. The van der Waals surface area contributed by atoms with Crippen LogP contribution in [0.4, 0.5) is 30.7 Å². The molecular formula is C9H11F7O2. The Morgan fingerprint density at radius 1 is 1.06 bits per heavy atom. The highest BCUT2D eigenvalue weighted by atomic mass is 19.4. The van der Waals surface area contributed by atoms with Gasteiger partial charge in [0.1, 0.15) is 0 Å². The zero-order chi connectivity index (χ0) is 14.0. The fourth-order valence-corrected chi connectivity index (χ4v) is 1.45. The van der Waals surface area contributed by atoms with Crippen LogP contribution in [0.15, 0.2) is 0 Å². The van der Waals surface area contributed by atoms with Gasteiger partial charge in [-0.25, -0.2) is 0 Å². The number of hydrogen-bond donors (Lipinski definition) is 0. The summed E-state index contributed by atoms with van der Waals surface area (Å²) in [5, 5.41) is 0. The van der Waals surface area contributed by atoms with E-state index in [0.29, 0.717) is 19.4 Å². The van der Waals surface area contributed by atoms with Gasteiger partial charge < -0.3 is 9.47 Å². The first kappa shape index (κ1) is 15.5. The zero-order valence-electron chi connectivity index (χ0n) is 9.08. The summed E-state index contributed by atoms with van der Waals surface area (Å²) in [5.74, 6) is -6.21. The van der Waals surface area contributed by atoms with Gasteiger partial charge in [0.25, 0.3) is 0 Å². The van der Waals surface area contributed by atoms with Crippen LogP contribution >= 0.6 is 0 Å². The van der Waals surface area contributed by atoms with Gasteiger partial charge in [0.2, 0.25) is 0 Å². The fraction of sp³-hybridized carbons (Fsp3) is 1.00. The van der Waals surface area contributed by atoms with Crippen molar-refractivity contribution in [1.29, 1.82) is 0 Å². The lowest BCUT2D eigenvalue weighted by atomic mass is 10.2. The number of hydrogen-bond acceptors (Lipinski definition) is 2. The topological polar surface area (TPSA) is 18.5 Å². The van der Waals surface area contributed by atoms with Crippen LogP contribution in [0.3, 0.4) is 0 Å². The van der Waals surface area contributed by atoms with Gasteiger partial charge in [0, 0.05) is 6.61 Å². The second-order valence-corrected chi connectivity index (χ2v) is 3.86. The van der Waals surface area contributed by atoms with Crippen molar-refractivity contribution in [3.05, 3.63) is 0 Å². The van der Waals surface area contributed by atoms with Gasteiger partial charge in [-0.2, -0.15) is 30.7 Å². The first-order chi connectivity index (χ1) is 8.08. The van der Waals surface area contributed by atoms with Crippen LogP contribution in [0.5, 0.6) is 0 Å². The molecule has 2 nitrogen and oxygen atoms in total. The summed E-state index contributed by atoms with van der Waals surface area (Å²) in [5.41, 5.74) is 0. The molecular weight excluding hydrogens is 273 g/mol. The molecule has 1 heterocycles. The van der Waals surface area contributed by atoms with Gasteiger partial charge in [-0.15, -0.1) is 0 Å². The van der Waals surface area contributed by atoms with Crippen LogP contribution in [-0.4, -0.2) is 37.5 Å². The second kappa shape index (κ2) is 5.20. The van der Waals surface area contributed by atoms with Gasteiger partial charge in [-0.05, 0) is 19.3 Å². The fourth-order valence-electron chi connectivity index (χ4n) is 1.45. The lowest BCUT2D eigenvalue weighted by Crippen LogP contribution is -2.53. The van der Waals surface area contributed by atoms with E-state index in [-0.39, 0.29) is 6.42 Å². The number of alkyl halides is 7. The Labute approximate surface area is 98.0 Å². The summed E-state index contributed by atoms with van der Waals surface area (Å²) in [6.45, 7) is -0.511. The van der Waals surface area contributed by atoms with Gasteiger partial charge in [-0.3, -0.25) is 0 Å². The minimum absolute atomic E-state index is 0.149. The van der Waals surface area contributed by atoms with Crippen molar-refractivity contribution >= 4 is 0 Å². The van der Waals surface area contributed by atoms with Crippen molar-refractivity contribution in [2.45, 2.75) is 43.6 Å². The zero-order valence-corrected chi connectivity index (χ0v) is 9.08. The molecule has 108 valence electrons. The van der Waals surface area contributed by atoms with Gasteiger partial charge >= 0.3 is 18.2 Å². The molecule has 1 unspecified atom stereocenters. The molecule has 1 aliphatic heterocycles. The molecule has 9 heteroatoms. The minimum atomic E-state index is -6.36. The van der Waals surface area contributed by atoms with E-state index in [9.17, 15) is 30.7 Å². The summed E-state index contributed by atoms with van der Waals surface area (Å²) in [4.78, 5) is 0. The van der Waals surface area contributed by atoms with E-state index in [1.54, 1.807) is 0 Å². The first-order valence-electron chi connectivity index (χ1n) is 5.16. The lowest BCUT2D eigenvalue weighted by molar-refractivity contribution is -0.424. The summed E-state index contributed by atoms with van der Waals surface area (Å²) in [6, 6.07) is 0. The van der Waals surface area contributed by atoms with Crippen LogP contribution in [0.1, 0.15) is 19.3 Å². The largest absolute Gasteiger partial charge is 0.462 e. The maximum absolute atomic E-state index is 12.6. The summed E-state index contributed by atoms with van der Waals surface area (Å²) in [6.07, 6.45) is -11.3. The average molecular weight is 284 g/mol. The number of halogens is 7. The van der Waals surface area contributed by atoms with Crippen molar-refractivity contribution in [2.75, 3.05) is 13.2 Å². The van der Waals surface area contributed by atoms with Crippen LogP contribution < -0.4 is 0 Å². The van der Waals surface area contributed by atoms with E-state index in [0.717, 1.165) is 0 Å². The highest BCUT2D eigenvalue weighted by molar-refractivity contribution is 4.85. The lowest BCUT2D eigenvalue weighted by Gasteiger charge is -2.27. The SMILES string of the molecule is FC(F)(F)C(F)(F)C(F)(F)OCCC1CCCO1. The maximum Gasteiger partial charge on any atom is 0.462 e. The molecule has 0 aromatic carbocycles. The Morgan fingerprint density at radius 3 is 2.11 bits per heavy atom. The number of ether oxygens (including phenoxy) is 2. The predicted octanol–water partition coefficient (Wildman–Crippen LogP) is 3.36. The molecule has 0 aliphatic carbocycles. The normalized spacial score (nSPS) is 22.5. The Bertz CT molecular complexity index is 271. The first-order valence-corrected chi connectivity index (χ1v) is 5.16. The van der Waals surface area contributed by atoms with Gasteiger partial charge in [0.15, 0.2) is 0 Å². The molecule has 0 bridgehead atoms. The molecule has 1 fully saturated rings. The van der Waals surface area contributed by atoms with Crippen LogP contribution in [-0.2, 0) is 9.47 Å². The Balaban J connectivity index is 2.47. The van der Waals surface area contributed by atoms with E-state index < -0.39 is 30.9 Å². The molecule has 0 aromatic rings. The Kier molecular flexibility index (Phi) is 4.47. The van der Waals surface area contributed by atoms with Crippen LogP contribution in [0.2, 0.25) is 0 Å². The smallest absolute Gasteiger partial charge is 0.378 e. The van der Waals surface area contributed by atoms with Gasteiger partial charge in [-0.1, -0.05) is 0 Å². The third-order valence-corrected chi connectivity index (χ3v) is 2.47. The predicted molar refractivity (Wildman–Crippen MR) is 45.5 cm³/mol. The van der Waals surface area contributed by atoms with Crippen molar-refractivity contribution in [1.82, 2.24) is 0 Å². The highest BCUT2D eigenvalue weighted by Crippen LogP contribution is 2.47. The quantitative estimate of drug-likeness (QED) is 0.721.